The van der Waals surface area contributed by atoms with E-state index in [9.17, 15) is 18.0 Å². The molecule has 1 aromatic carbocycles. The number of nitrogens with one attached hydrogen (secondary N) is 2. The molecule has 164 valence electrons. The van der Waals surface area contributed by atoms with Gasteiger partial charge in [-0.2, -0.15) is 18.2 Å². The van der Waals surface area contributed by atoms with Gasteiger partial charge in [-0.25, -0.2) is 9.40 Å². The summed E-state index contributed by atoms with van der Waals surface area (Å²) >= 11 is 5.96. The summed E-state index contributed by atoms with van der Waals surface area (Å²) in [6.07, 6.45) is -3.89. The molecule has 2 N–H and O–H groups in total. The van der Waals surface area contributed by atoms with E-state index in [1.54, 1.807) is 6.92 Å². The van der Waals surface area contributed by atoms with Crippen molar-refractivity contribution < 1.29 is 27.4 Å². The van der Waals surface area contributed by atoms with Gasteiger partial charge in [0.25, 0.3) is 5.91 Å². The van der Waals surface area contributed by atoms with Crippen LogP contribution in [-0.2, 0) is 10.9 Å². The lowest BCUT2D eigenvalue weighted by molar-refractivity contribution is -0.137. The Hall–Kier alpha value is -2.79. The predicted octanol–water partition coefficient (Wildman–Crippen LogP) is 3.92. The number of aromatic nitrogens is 2. The lowest BCUT2D eigenvalue weighted by atomic mass is 10.1. The second-order valence-electron chi connectivity index (χ2n) is 5.91. The van der Waals surface area contributed by atoms with Gasteiger partial charge in [0.15, 0.2) is 0 Å². The summed E-state index contributed by atoms with van der Waals surface area (Å²) in [6.45, 7) is 2.34. The molecule has 0 spiro atoms. The summed E-state index contributed by atoms with van der Waals surface area (Å²) in [5.74, 6) is -0.666. The molecule has 1 aromatic heterocycles. The Morgan fingerprint density at radius 1 is 1.30 bits per heavy atom. The first-order chi connectivity index (χ1) is 14.2. The fourth-order valence-corrected chi connectivity index (χ4v) is 2.59. The molecule has 0 aliphatic heterocycles. The molecule has 0 atom stereocenters. The summed E-state index contributed by atoms with van der Waals surface area (Å²) in [7, 11) is 2.86. The van der Waals surface area contributed by atoms with Gasteiger partial charge in [-0.05, 0) is 19.1 Å². The Labute approximate surface area is 176 Å². The van der Waals surface area contributed by atoms with Crippen LogP contribution in [0.25, 0.3) is 0 Å². The van der Waals surface area contributed by atoms with Crippen molar-refractivity contribution in [2.45, 2.75) is 13.1 Å². The van der Waals surface area contributed by atoms with Gasteiger partial charge in [0.1, 0.15) is 17.1 Å². The zero-order valence-electron chi connectivity index (χ0n) is 16.5. The molecule has 0 aliphatic rings. The van der Waals surface area contributed by atoms with Gasteiger partial charge in [0.2, 0.25) is 5.95 Å². The van der Waals surface area contributed by atoms with E-state index in [1.807, 2.05) is 0 Å². The van der Waals surface area contributed by atoms with Gasteiger partial charge < -0.3 is 20.1 Å². The van der Waals surface area contributed by atoms with E-state index in [2.05, 4.69) is 20.6 Å². The number of hydrogen-bond donors (Lipinski definition) is 2. The summed E-state index contributed by atoms with van der Waals surface area (Å²) < 4.78 is 50.3. The Bertz CT molecular complexity index is 883. The molecule has 2 rings (SSSR count). The van der Waals surface area contributed by atoms with Crippen molar-refractivity contribution in [3.8, 4) is 5.75 Å². The van der Waals surface area contributed by atoms with E-state index in [4.69, 9.17) is 21.3 Å². The molecule has 1 heterocycles. The van der Waals surface area contributed by atoms with E-state index in [1.165, 1.54) is 32.4 Å². The van der Waals surface area contributed by atoms with Crippen LogP contribution in [-0.4, -0.2) is 54.2 Å². The zero-order chi connectivity index (χ0) is 22.3. The largest absolute Gasteiger partial charge is 0.496 e. The molecule has 8 nitrogen and oxygen atoms in total. The molecule has 0 unspecified atom stereocenters. The van der Waals surface area contributed by atoms with Gasteiger partial charge >= 0.3 is 6.18 Å². The maximum Gasteiger partial charge on any atom is 0.421 e. The number of amides is 1. The second-order valence-corrected chi connectivity index (χ2v) is 6.32. The monoisotopic (exact) mass is 447 g/mol. The first-order valence-corrected chi connectivity index (χ1v) is 9.14. The van der Waals surface area contributed by atoms with Gasteiger partial charge in [-0.1, -0.05) is 0 Å². The lowest BCUT2D eigenvalue weighted by Gasteiger charge is -2.17. The molecule has 0 bridgehead atoms. The van der Waals surface area contributed by atoms with Crippen LogP contribution in [0.1, 0.15) is 22.8 Å². The summed E-state index contributed by atoms with van der Waals surface area (Å²) in [5, 5.41) is 5.37. The third-order valence-corrected chi connectivity index (χ3v) is 4.16. The molecule has 0 aliphatic carbocycles. The van der Waals surface area contributed by atoms with Crippen LogP contribution >= 0.6 is 11.8 Å². The molecular weight excluding hydrogens is 427 g/mol. The van der Waals surface area contributed by atoms with Crippen LogP contribution < -0.4 is 15.4 Å². The van der Waals surface area contributed by atoms with Crippen molar-refractivity contribution >= 4 is 35.1 Å². The number of carbonyl (C=O) groups is 1. The molecule has 1 amide bonds. The first kappa shape index (κ1) is 23.5. The van der Waals surface area contributed by atoms with E-state index in [0.717, 1.165) is 4.42 Å². The van der Waals surface area contributed by atoms with Crippen molar-refractivity contribution in [2.24, 2.45) is 0 Å². The standard InChI is InChI=1S/C18H21ClF3N5O3/c1-4-23-15-13(18(20,21)22)10-24-17(26-15)25-11-5-6-12(14(9-11)30-3)16(28)27(19)7-8-29-2/h5-6,9-10H,4,7-8H2,1-3H3,(H2,23,24,25,26). The predicted molar refractivity (Wildman–Crippen MR) is 106 cm³/mol. The highest BCUT2D eigenvalue weighted by Crippen LogP contribution is 2.34. The highest BCUT2D eigenvalue weighted by Gasteiger charge is 2.35. The number of anilines is 3. The molecule has 12 heteroatoms. The zero-order valence-corrected chi connectivity index (χ0v) is 17.3. The fourth-order valence-electron chi connectivity index (χ4n) is 2.43. The van der Waals surface area contributed by atoms with E-state index in [0.29, 0.717) is 11.9 Å². The highest BCUT2D eigenvalue weighted by molar-refractivity contribution is 6.24. The van der Waals surface area contributed by atoms with Crippen molar-refractivity contribution in [1.82, 2.24) is 14.4 Å². The summed E-state index contributed by atoms with van der Waals surface area (Å²) in [6, 6.07) is 4.49. The molecular formula is C18H21ClF3N5O3. The van der Waals surface area contributed by atoms with Gasteiger partial charge in [-0.3, -0.25) is 4.79 Å². The average molecular weight is 448 g/mol. The Morgan fingerprint density at radius 3 is 2.63 bits per heavy atom. The van der Waals surface area contributed by atoms with E-state index >= 15 is 0 Å². The lowest BCUT2D eigenvalue weighted by Crippen LogP contribution is -2.25. The molecule has 0 fully saturated rings. The van der Waals surface area contributed by atoms with Crippen molar-refractivity contribution in [2.75, 3.05) is 44.5 Å². The average Bonchev–Trinajstić information content (AvgIpc) is 2.71. The van der Waals surface area contributed by atoms with Crippen molar-refractivity contribution in [3.05, 3.63) is 35.5 Å². The fraction of sp³-hybridized carbons (Fsp3) is 0.389. The molecule has 0 saturated carbocycles. The number of methoxy groups -OCH3 is 2. The van der Waals surface area contributed by atoms with Gasteiger partial charge in [0, 0.05) is 43.4 Å². The van der Waals surface area contributed by atoms with E-state index < -0.39 is 17.6 Å². The smallest absolute Gasteiger partial charge is 0.421 e. The third kappa shape index (κ3) is 5.86. The maximum atomic E-state index is 13.1. The van der Waals surface area contributed by atoms with Crippen LogP contribution in [0.5, 0.6) is 5.75 Å². The Balaban J connectivity index is 2.27. The van der Waals surface area contributed by atoms with Crippen LogP contribution in [0.3, 0.4) is 0 Å². The van der Waals surface area contributed by atoms with E-state index in [-0.39, 0.29) is 42.8 Å². The van der Waals surface area contributed by atoms with Crippen molar-refractivity contribution in [3.63, 3.8) is 0 Å². The number of halogens is 4. The minimum Gasteiger partial charge on any atom is -0.496 e. The van der Waals surface area contributed by atoms with Gasteiger partial charge in [0.05, 0.1) is 25.8 Å². The Kier molecular flexibility index (Phi) is 8.07. The quantitative estimate of drug-likeness (QED) is 0.563. The normalized spacial score (nSPS) is 11.2. The van der Waals surface area contributed by atoms with Gasteiger partial charge in [-0.15, -0.1) is 0 Å². The van der Waals surface area contributed by atoms with Crippen LogP contribution in [0.2, 0.25) is 0 Å². The minimum atomic E-state index is -4.59. The molecule has 0 saturated heterocycles. The maximum absolute atomic E-state index is 13.1. The first-order valence-electron chi connectivity index (χ1n) is 8.81. The minimum absolute atomic E-state index is 0.0563. The second kappa shape index (κ2) is 10.3. The van der Waals surface area contributed by atoms with Crippen molar-refractivity contribution in [1.29, 1.82) is 0 Å². The van der Waals surface area contributed by atoms with Crippen LogP contribution in [0, 0.1) is 0 Å². The molecule has 2 aromatic rings. The number of carbonyl (C=O) groups excluding carboxylic acids is 1. The number of ether oxygens (including phenoxy) is 2. The van der Waals surface area contributed by atoms with Crippen LogP contribution in [0.15, 0.2) is 24.4 Å². The summed E-state index contributed by atoms with van der Waals surface area (Å²) in [5.41, 5.74) is -0.355. The topological polar surface area (TPSA) is 88.6 Å². The number of rotatable bonds is 9. The number of benzene rings is 1. The number of hydrogen-bond acceptors (Lipinski definition) is 7. The van der Waals surface area contributed by atoms with Crippen LogP contribution in [0.4, 0.5) is 30.6 Å². The highest BCUT2D eigenvalue weighted by atomic mass is 35.5. The Morgan fingerprint density at radius 2 is 2.03 bits per heavy atom. The number of alkyl halides is 3. The molecule has 30 heavy (non-hydrogen) atoms. The SMILES string of the molecule is CCNc1nc(Nc2ccc(C(=O)N(Cl)CCOC)c(OC)c2)ncc1C(F)(F)F. The molecule has 0 radical (unpaired) electrons. The third-order valence-electron chi connectivity index (χ3n) is 3.84. The summed E-state index contributed by atoms with van der Waals surface area (Å²) in [4.78, 5) is 20.1. The number of nitrogens with zero attached hydrogens (tertiary/aromatic N) is 3.